The number of carbonyl (C=O) groups excluding carboxylic acids is 1. The van der Waals surface area contributed by atoms with Crippen LogP contribution in [0.5, 0.6) is 5.75 Å². The second-order valence-corrected chi connectivity index (χ2v) is 12.3. The predicted octanol–water partition coefficient (Wildman–Crippen LogP) is 7.71. The number of rotatable bonds is 8. The van der Waals surface area contributed by atoms with Gasteiger partial charge in [-0.15, -0.1) is 17.0 Å². The number of nitrogens with one attached hydrogen (secondary N) is 1. The summed E-state index contributed by atoms with van der Waals surface area (Å²) in [4.78, 5) is 15.6. The van der Waals surface area contributed by atoms with Crippen LogP contribution in [0.3, 0.4) is 0 Å². The zero-order valence-corrected chi connectivity index (χ0v) is 24.9. The Morgan fingerprint density at radius 1 is 1.03 bits per heavy atom. The van der Waals surface area contributed by atoms with E-state index in [9.17, 15) is 9.90 Å². The summed E-state index contributed by atoms with van der Waals surface area (Å²) in [6.07, 6.45) is 4.22. The molecule has 2 unspecified atom stereocenters. The maximum absolute atomic E-state index is 13.6. The number of nitrogens with zero attached hydrogens (tertiary/aromatic N) is 1. The van der Waals surface area contributed by atoms with Gasteiger partial charge in [0.25, 0.3) is 0 Å². The van der Waals surface area contributed by atoms with E-state index >= 15 is 0 Å². The van der Waals surface area contributed by atoms with Gasteiger partial charge in [0.15, 0.2) is 5.78 Å². The van der Waals surface area contributed by atoms with Gasteiger partial charge in [-0.2, -0.15) is 0 Å². The van der Waals surface area contributed by atoms with Crippen molar-refractivity contribution in [2.75, 3.05) is 13.1 Å². The number of phenols is 1. The van der Waals surface area contributed by atoms with Crippen LogP contribution in [-0.4, -0.2) is 34.7 Å². The van der Waals surface area contributed by atoms with E-state index in [-0.39, 0.29) is 51.8 Å². The van der Waals surface area contributed by atoms with Crippen molar-refractivity contribution >= 4 is 28.6 Å². The molecular formula is C31H45BrN2O2. The van der Waals surface area contributed by atoms with E-state index in [1.54, 1.807) is 0 Å². The van der Waals surface area contributed by atoms with Crippen LogP contribution >= 0.6 is 17.0 Å². The third-order valence-electron chi connectivity index (χ3n) is 7.33. The van der Waals surface area contributed by atoms with Crippen LogP contribution in [0.25, 0.3) is 0 Å². The van der Waals surface area contributed by atoms with Crippen molar-refractivity contribution in [1.82, 2.24) is 4.90 Å². The fraction of sp³-hybridized carbons (Fsp3) is 0.548. The van der Waals surface area contributed by atoms with Gasteiger partial charge in [-0.1, -0.05) is 91.6 Å². The maximum Gasteiger partial charge on any atom is 0.182 e. The largest absolute Gasteiger partial charge is 0.507 e. The first-order valence-corrected chi connectivity index (χ1v) is 13.1. The van der Waals surface area contributed by atoms with Crippen LogP contribution < -0.4 is 0 Å². The molecule has 2 atom stereocenters. The fourth-order valence-corrected chi connectivity index (χ4v) is 5.21. The summed E-state index contributed by atoms with van der Waals surface area (Å²) >= 11 is 0. The first-order valence-electron chi connectivity index (χ1n) is 13.1. The van der Waals surface area contributed by atoms with E-state index in [1.165, 1.54) is 5.56 Å². The number of Topliss-reactive ketones (excluding diaryl/α,β-unsaturated/α-hetero) is 1. The number of ketones is 1. The third kappa shape index (κ3) is 7.00. The molecule has 1 aliphatic heterocycles. The van der Waals surface area contributed by atoms with Gasteiger partial charge in [-0.25, -0.2) is 0 Å². The number of phenolic OH excluding ortho intramolecular Hbond substituents is 1. The van der Waals surface area contributed by atoms with E-state index < -0.39 is 0 Å². The lowest BCUT2D eigenvalue weighted by molar-refractivity contribution is 0.0963. The molecule has 0 spiro atoms. The monoisotopic (exact) mass is 556 g/mol. The van der Waals surface area contributed by atoms with Gasteiger partial charge in [-0.05, 0) is 47.3 Å². The van der Waals surface area contributed by atoms with Gasteiger partial charge in [-0.3, -0.25) is 10.2 Å². The Morgan fingerprint density at radius 3 is 2.08 bits per heavy atom. The van der Waals surface area contributed by atoms with Gasteiger partial charge in [0.2, 0.25) is 0 Å². The highest BCUT2D eigenvalue weighted by Crippen LogP contribution is 2.40. The molecule has 2 aromatic carbocycles. The van der Waals surface area contributed by atoms with Gasteiger partial charge >= 0.3 is 0 Å². The van der Waals surface area contributed by atoms with E-state index in [0.29, 0.717) is 17.3 Å². The van der Waals surface area contributed by atoms with Crippen LogP contribution in [0, 0.1) is 17.2 Å². The van der Waals surface area contributed by atoms with Crippen LogP contribution in [0.1, 0.15) is 94.8 Å². The van der Waals surface area contributed by atoms with Crippen molar-refractivity contribution in [3.8, 4) is 5.75 Å². The average molecular weight is 558 g/mol. The lowest BCUT2D eigenvalue weighted by Gasteiger charge is -2.28. The number of carbonyl (C=O) groups is 1. The normalized spacial score (nSPS) is 18.3. The van der Waals surface area contributed by atoms with Gasteiger partial charge < -0.3 is 10.0 Å². The Balaban J connectivity index is 0.00000456. The zero-order valence-electron chi connectivity index (χ0n) is 23.1. The zero-order chi connectivity index (χ0) is 26.0. The molecule has 0 bridgehead atoms. The lowest BCUT2D eigenvalue weighted by Crippen LogP contribution is -2.33. The molecule has 1 heterocycles. The summed E-state index contributed by atoms with van der Waals surface area (Å²) in [7, 11) is 0. The van der Waals surface area contributed by atoms with Crippen molar-refractivity contribution in [2.24, 2.45) is 11.8 Å². The number of halogens is 1. The topological polar surface area (TPSA) is 64.4 Å². The summed E-state index contributed by atoms with van der Waals surface area (Å²) in [5.74, 6) is 1.44. The molecule has 1 saturated heterocycles. The molecule has 0 radical (unpaired) electrons. The molecule has 2 aromatic rings. The van der Waals surface area contributed by atoms with E-state index in [1.807, 2.05) is 23.1 Å². The van der Waals surface area contributed by atoms with Gasteiger partial charge in [0, 0.05) is 29.2 Å². The van der Waals surface area contributed by atoms with Crippen LogP contribution in [0.2, 0.25) is 0 Å². The summed E-state index contributed by atoms with van der Waals surface area (Å²) < 4.78 is 0. The molecule has 36 heavy (non-hydrogen) atoms. The summed E-state index contributed by atoms with van der Waals surface area (Å²) in [5.41, 5.74) is 2.90. The number of hydrogen-bond donors (Lipinski definition) is 2. The number of unbranched alkanes of at least 4 members (excludes halogenated alkanes) is 1. The second-order valence-electron chi connectivity index (χ2n) is 12.3. The van der Waals surface area contributed by atoms with Gasteiger partial charge in [0.1, 0.15) is 11.6 Å². The minimum atomic E-state index is -0.285. The van der Waals surface area contributed by atoms with E-state index in [0.717, 1.165) is 43.4 Å². The second kappa shape index (κ2) is 11.9. The molecular weight excluding hydrogens is 512 g/mol. The first-order chi connectivity index (χ1) is 16.3. The minimum Gasteiger partial charge on any atom is -0.507 e. The van der Waals surface area contributed by atoms with Crippen molar-refractivity contribution in [3.05, 3.63) is 64.7 Å². The van der Waals surface area contributed by atoms with E-state index in [2.05, 4.69) is 72.7 Å². The number of amidine groups is 1. The van der Waals surface area contributed by atoms with Crippen LogP contribution in [0.4, 0.5) is 0 Å². The number of benzene rings is 2. The number of hydrogen-bond acceptors (Lipinski definition) is 3. The van der Waals surface area contributed by atoms with Crippen LogP contribution in [0.15, 0.2) is 42.5 Å². The summed E-state index contributed by atoms with van der Waals surface area (Å²) in [6.45, 7) is 15.5. The molecule has 0 aromatic heterocycles. The molecule has 3 rings (SSSR count). The maximum atomic E-state index is 13.6. The lowest BCUT2D eigenvalue weighted by atomic mass is 9.78. The molecule has 0 saturated carbocycles. The Bertz CT molecular complexity index is 1020. The molecule has 5 heteroatoms. The van der Waals surface area contributed by atoms with Crippen molar-refractivity contribution in [3.63, 3.8) is 0 Å². The van der Waals surface area contributed by atoms with Crippen molar-refractivity contribution < 1.29 is 9.90 Å². The standard InChI is InChI=1S/C31H44N2O2.BrH/c1-8-9-15-22-19-33(29(32)24(22)16-21-13-11-10-12-14-21)20-27(34)23-17-25(30(2,3)4)28(35)26(18-23)31(5,6)7;/h10-14,17-18,22,24,32,35H,8-9,15-16,19-20H2,1-7H3;1H. The Labute approximate surface area is 228 Å². The predicted molar refractivity (Wildman–Crippen MR) is 156 cm³/mol. The first kappa shape index (κ1) is 30.1. The van der Waals surface area contributed by atoms with Crippen molar-refractivity contribution in [2.45, 2.75) is 85.0 Å². The molecule has 0 aliphatic carbocycles. The van der Waals surface area contributed by atoms with Crippen molar-refractivity contribution in [1.29, 1.82) is 5.41 Å². The molecule has 1 fully saturated rings. The Kier molecular flexibility index (Phi) is 9.98. The Morgan fingerprint density at radius 2 is 1.58 bits per heavy atom. The quantitative estimate of drug-likeness (QED) is 0.327. The van der Waals surface area contributed by atoms with E-state index in [4.69, 9.17) is 5.41 Å². The highest BCUT2D eigenvalue weighted by Gasteiger charge is 2.38. The average Bonchev–Trinajstić information content (AvgIpc) is 3.05. The van der Waals surface area contributed by atoms with Gasteiger partial charge in [0.05, 0.1) is 6.54 Å². The third-order valence-corrected chi connectivity index (χ3v) is 7.33. The molecule has 4 nitrogen and oxygen atoms in total. The highest BCUT2D eigenvalue weighted by atomic mass is 79.9. The molecule has 1 aliphatic rings. The number of aromatic hydroxyl groups is 1. The molecule has 198 valence electrons. The Hall–Kier alpha value is -2.14. The summed E-state index contributed by atoms with van der Waals surface area (Å²) in [6, 6.07) is 14.1. The SMILES string of the molecule is Br.CCCCC1CN(CC(=O)c2cc(C(C)(C)C)c(O)c(C(C)(C)C)c2)C(=N)C1Cc1ccccc1. The fourth-order valence-electron chi connectivity index (χ4n) is 5.21. The smallest absolute Gasteiger partial charge is 0.182 e. The minimum absolute atomic E-state index is 0. The summed E-state index contributed by atoms with van der Waals surface area (Å²) in [5, 5.41) is 20.0. The highest BCUT2D eigenvalue weighted by molar-refractivity contribution is 8.93. The molecule has 0 amide bonds. The molecule has 2 N–H and O–H groups in total. The number of likely N-dealkylation sites (tertiary alicyclic amines) is 1. The van der Waals surface area contributed by atoms with Crippen LogP contribution in [-0.2, 0) is 17.3 Å².